The lowest BCUT2D eigenvalue weighted by atomic mass is 9.84. The lowest BCUT2D eigenvalue weighted by molar-refractivity contribution is 0.0906. The van der Waals surface area contributed by atoms with Gasteiger partial charge in [0, 0.05) is 12.6 Å². The minimum absolute atomic E-state index is 0. The van der Waals surface area contributed by atoms with Gasteiger partial charge >= 0.3 is 0 Å². The largest absolute Gasteiger partial charge is 0.347 e. The highest BCUT2D eigenvalue weighted by atomic mass is 35.5. The van der Waals surface area contributed by atoms with Crippen molar-refractivity contribution in [1.82, 2.24) is 10.3 Å². The van der Waals surface area contributed by atoms with E-state index in [1.807, 2.05) is 0 Å². The molecule has 1 aromatic rings. The first kappa shape index (κ1) is 18.3. The van der Waals surface area contributed by atoms with Gasteiger partial charge in [-0.05, 0) is 18.8 Å². The molecule has 120 valence electrons. The molecule has 0 radical (unpaired) electrons. The smallest absolute Gasteiger partial charge is 0.281 e. The Bertz CT molecular complexity index is 452. The summed E-state index contributed by atoms with van der Waals surface area (Å²) in [6, 6.07) is -0.143. The molecule has 1 aliphatic rings. The maximum atomic E-state index is 12.7. The Hall–Kier alpha value is -0.790. The van der Waals surface area contributed by atoms with Crippen LogP contribution in [0.5, 0.6) is 0 Å². The summed E-state index contributed by atoms with van der Waals surface area (Å²) in [6.45, 7) is 0.333. The van der Waals surface area contributed by atoms with E-state index in [9.17, 15) is 13.6 Å². The van der Waals surface area contributed by atoms with Gasteiger partial charge in [-0.3, -0.25) is 4.79 Å². The molecule has 1 aliphatic carbocycles. The number of hydrogen-bond donors (Lipinski definition) is 2. The van der Waals surface area contributed by atoms with Crippen LogP contribution < -0.4 is 11.1 Å². The standard InChI is InChI=1S/C13H19F2N3OS.ClH/c14-12(15)10-11(20-7-17-10)13(19)18-9(6-16)8-4-2-1-3-5-8;/h7-9,12H,1-6,16H2,(H,18,19);1H/t9-;/m0./s1. The van der Waals surface area contributed by atoms with Gasteiger partial charge < -0.3 is 11.1 Å². The van der Waals surface area contributed by atoms with Crippen molar-refractivity contribution in [2.75, 3.05) is 6.54 Å². The van der Waals surface area contributed by atoms with Gasteiger partial charge in [0.15, 0.2) is 0 Å². The molecule has 1 amide bonds. The molecule has 3 N–H and O–H groups in total. The predicted molar refractivity (Wildman–Crippen MR) is 81.2 cm³/mol. The number of thiazole rings is 1. The van der Waals surface area contributed by atoms with Gasteiger partial charge in [-0.1, -0.05) is 19.3 Å². The predicted octanol–water partition coefficient (Wildman–Crippen LogP) is 3.14. The van der Waals surface area contributed by atoms with Crippen LogP contribution in [0.3, 0.4) is 0 Å². The van der Waals surface area contributed by atoms with Gasteiger partial charge in [0.25, 0.3) is 12.3 Å². The Kier molecular flexibility index (Phi) is 7.48. The summed E-state index contributed by atoms with van der Waals surface area (Å²) in [5.41, 5.74) is 6.56. The van der Waals surface area contributed by atoms with Crippen LogP contribution in [0.15, 0.2) is 5.51 Å². The summed E-state index contributed by atoms with van der Waals surface area (Å²) in [5.74, 6) is -0.135. The summed E-state index contributed by atoms with van der Waals surface area (Å²) in [4.78, 5) is 15.7. The average Bonchev–Trinajstić information content (AvgIpc) is 2.95. The summed E-state index contributed by atoms with van der Waals surface area (Å²) in [6.07, 6.45) is 2.83. The summed E-state index contributed by atoms with van der Waals surface area (Å²) < 4.78 is 25.5. The molecule has 1 atom stereocenters. The molecule has 0 saturated heterocycles. The van der Waals surface area contributed by atoms with Crippen LogP contribution in [-0.2, 0) is 0 Å². The third-order valence-corrected chi connectivity index (χ3v) is 4.64. The van der Waals surface area contributed by atoms with Crippen LogP contribution in [0.25, 0.3) is 0 Å². The molecule has 4 nitrogen and oxygen atoms in total. The molecule has 0 aromatic carbocycles. The molecular weight excluding hydrogens is 320 g/mol. The van der Waals surface area contributed by atoms with E-state index in [1.165, 1.54) is 11.9 Å². The van der Waals surface area contributed by atoms with Crippen LogP contribution in [-0.4, -0.2) is 23.5 Å². The molecule has 1 aromatic heterocycles. The number of nitrogens with one attached hydrogen (secondary N) is 1. The number of rotatable bonds is 5. The van der Waals surface area contributed by atoms with E-state index in [4.69, 9.17) is 5.73 Å². The minimum atomic E-state index is -2.73. The normalized spacial score (nSPS) is 17.3. The van der Waals surface area contributed by atoms with Gasteiger partial charge in [0.1, 0.15) is 10.6 Å². The zero-order chi connectivity index (χ0) is 14.5. The highest BCUT2D eigenvalue weighted by Crippen LogP contribution is 2.28. The van der Waals surface area contributed by atoms with E-state index >= 15 is 0 Å². The molecule has 0 unspecified atom stereocenters. The summed E-state index contributed by atoms with van der Waals surface area (Å²) in [7, 11) is 0. The highest BCUT2D eigenvalue weighted by molar-refractivity contribution is 7.11. The number of carbonyl (C=O) groups is 1. The van der Waals surface area contributed by atoms with Crippen molar-refractivity contribution in [3.63, 3.8) is 0 Å². The van der Waals surface area contributed by atoms with Gasteiger partial charge in [0.05, 0.1) is 5.51 Å². The van der Waals surface area contributed by atoms with Crippen LogP contribution >= 0.6 is 23.7 Å². The van der Waals surface area contributed by atoms with E-state index in [1.54, 1.807) is 0 Å². The van der Waals surface area contributed by atoms with Crippen molar-refractivity contribution < 1.29 is 13.6 Å². The number of alkyl halides is 2. The van der Waals surface area contributed by atoms with E-state index in [0.717, 1.165) is 37.0 Å². The van der Waals surface area contributed by atoms with Crippen molar-refractivity contribution in [3.8, 4) is 0 Å². The second kappa shape index (κ2) is 8.60. The molecule has 1 heterocycles. The van der Waals surface area contributed by atoms with Crippen LogP contribution in [0.4, 0.5) is 8.78 Å². The Labute approximate surface area is 132 Å². The molecule has 21 heavy (non-hydrogen) atoms. The first-order chi connectivity index (χ1) is 9.63. The third kappa shape index (κ3) is 4.59. The number of nitrogens with zero attached hydrogens (tertiary/aromatic N) is 1. The molecule has 2 rings (SSSR count). The Balaban J connectivity index is 0.00000220. The Morgan fingerprint density at radius 1 is 1.43 bits per heavy atom. The van der Waals surface area contributed by atoms with Gasteiger partial charge in [0.2, 0.25) is 0 Å². The number of carbonyl (C=O) groups excluding carboxylic acids is 1. The second-order valence-electron chi connectivity index (χ2n) is 5.08. The fraction of sp³-hybridized carbons (Fsp3) is 0.692. The SMILES string of the molecule is Cl.NC[C@H](NC(=O)c1scnc1C(F)F)C1CCCCC1. The lowest BCUT2D eigenvalue weighted by Gasteiger charge is -2.30. The monoisotopic (exact) mass is 339 g/mol. The van der Waals surface area contributed by atoms with E-state index in [0.29, 0.717) is 12.5 Å². The van der Waals surface area contributed by atoms with Crippen molar-refractivity contribution in [2.24, 2.45) is 11.7 Å². The van der Waals surface area contributed by atoms with Crippen LogP contribution in [0, 0.1) is 5.92 Å². The van der Waals surface area contributed by atoms with Gasteiger partial charge in [-0.15, -0.1) is 23.7 Å². The first-order valence-electron chi connectivity index (χ1n) is 6.86. The Morgan fingerprint density at radius 3 is 2.67 bits per heavy atom. The second-order valence-corrected chi connectivity index (χ2v) is 5.94. The maximum absolute atomic E-state index is 12.7. The van der Waals surface area contributed by atoms with Crippen molar-refractivity contribution in [1.29, 1.82) is 0 Å². The van der Waals surface area contributed by atoms with E-state index in [-0.39, 0.29) is 23.3 Å². The highest BCUT2D eigenvalue weighted by Gasteiger charge is 2.27. The molecule has 8 heteroatoms. The van der Waals surface area contributed by atoms with Gasteiger partial charge in [-0.2, -0.15) is 0 Å². The van der Waals surface area contributed by atoms with Crippen molar-refractivity contribution >= 4 is 29.7 Å². The first-order valence-corrected chi connectivity index (χ1v) is 7.74. The zero-order valence-corrected chi connectivity index (χ0v) is 13.2. The molecule has 0 bridgehead atoms. The van der Waals surface area contributed by atoms with E-state index in [2.05, 4.69) is 10.3 Å². The molecular formula is C13H20ClF2N3OS. The van der Waals surface area contributed by atoms with Gasteiger partial charge in [-0.25, -0.2) is 13.8 Å². The van der Waals surface area contributed by atoms with Crippen LogP contribution in [0.2, 0.25) is 0 Å². The number of nitrogens with two attached hydrogens (primary N) is 1. The number of hydrogen-bond acceptors (Lipinski definition) is 4. The lowest BCUT2D eigenvalue weighted by Crippen LogP contribution is -2.45. The topological polar surface area (TPSA) is 68.0 Å². The van der Waals surface area contributed by atoms with Crippen molar-refractivity contribution in [3.05, 3.63) is 16.1 Å². The zero-order valence-electron chi connectivity index (χ0n) is 11.6. The van der Waals surface area contributed by atoms with Crippen LogP contribution in [0.1, 0.15) is 53.9 Å². The quantitative estimate of drug-likeness (QED) is 0.866. The number of amides is 1. The fourth-order valence-corrected chi connectivity index (χ4v) is 3.42. The average molecular weight is 340 g/mol. The molecule has 1 saturated carbocycles. The maximum Gasteiger partial charge on any atom is 0.281 e. The van der Waals surface area contributed by atoms with E-state index < -0.39 is 18.0 Å². The third-order valence-electron chi connectivity index (χ3n) is 3.80. The van der Waals surface area contributed by atoms with Crippen molar-refractivity contribution in [2.45, 2.75) is 44.6 Å². The molecule has 0 aliphatic heterocycles. The minimum Gasteiger partial charge on any atom is -0.347 e. The molecule has 0 spiro atoms. The number of aromatic nitrogens is 1. The summed E-state index contributed by atoms with van der Waals surface area (Å²) >= 11 is 0.941. The summed E-state index contributed by atoms with van der Waals surface area (Å²) in [5, 5.41) is 2.81. The molecule has 1 fully saturated rings. The number of halogens is 3. The fourth-order valence-electron chi connectivity index (χ4n) is 2.72. The Morgan fingerprint density at radius 2 is 2.10 bits per heavy atom.